The van der Waals surface area contributed by atoms with Gasteiger partial charge < -0.3 is 33.5 Å². The predicted molar refractivity (Wildman–Crippen MR) is 220 cm³/mol. The van der Waals surface area contributed by atoms with Gasteiger partial charge in [0.25, 0.3) is 0 Å². The van der Waals surface area contributed by atoms with E-state index in [-0.39, 0.29) is 19.8 Å². The van der Waals surface area contributed by atoms with Crippen molar-refractivity contribution < 1.29 is 33.5 Å². The Bertz CT molecular complexity index is 1910. The molecule has 0 aliphatic carbocycles. The summed E-state index contributed by atoms with van der Waals surface area (Å²) in [6, 6.07) is 48.2. The topological polar surface area (TPSA) is 75.6 Å². The first-order valence-corrected chi connectivity index (χ1v) is 20.7. The van der Waals surface area contributed by atoms with Crippen LogP contribution in [0.5, 0.6) is 5.75 Å². The lowest BCUT2D eigenvalue weighted by atomic mass is 9.90. The minimum atomic E-state index is -1.89. The van der Waals surface area contributed by atoms with Gasteiger partial charge in [-0.05, 0) is 39.9 Å². The monoisotopic (exact) mass is 776 g/mol. The molecule has 7 nitrogen and oxygen atoms in total. The molecule has 7 rings (SSSR count). The summed E-state index contributed by atoms with van der Waals surface area (Å²) in [4.78, 5) is 1.77. The number of hydrogen-bond donors (Lipinski definition) is 1. The van der Waals surface area contributed by atoms with E-state index in [0.29, 0.717) is 19.6 Å². The molecule has 0 aromatic heterocycles. The van der Waals surface area contributed by atoms with Gasteiger partial charge in [-0.25, -0.2) is 0 Å². The van der Waals surface area contributed by atoms with Crippen LogP contribution in [0.25, 0.3) is 0 Å². The molecule has 1 fully saturated rings. The standard InChI is InChI=1S/C46H48O7S2/c1-48-39-24-22-34(23-25-39)28-41-45(55-27-26-54-41)46(47)44(52-32-38-20-12-5-13-21-38)43(51-31-37-18-10-4-11-19-37)42(50-30-36-16-8-3-9-17-36)40(53-46)33-49-29-35-14-6-2-7-15-35/h2-25,40,42-44,47H,26-33H2,1H3/t40-,42+,43+,44-,46-/m1/s1. The molecule has 5 aromatic carbocycles. The summed E-state index contributed by atoms with van der Waals surface area (Å²) < 4.78 is 39.5. The average Bonchev–Trinajstić information content (AvgIpc) is 3.24. The highest BCUT2D eigenvalue weighted by Gasteiger charge is 2.59. The molecule has 9 heteroatoms. The highest BCUT2D eigenvalue weighted by molar-refractivity contribution is 8.10. The third-order valence-corrected chi connectivity index (χ3v) is 12.4. The van der Waals surface area contributed by atoms with Gasteiger partial charge in [0.05, 0.1) is 45.0 Å². The zero-order valence-electron chi connectivity index (χ0n) is 31.0. The molecule has 1 N–H and O–H groups in total. The minimum Gasteiger partial charge on any atom is -0.497 e. The average molecular weight is 777 g/mol. The zero-order chi connectivity index (χ0) is 37.7. The Hall–Kier alpha value is -3.90. The van der Waals surface area contributed by atoms with Gasteiger partial charge in [0.1, 0.15) is 30.2 Å². The predicted octanol–water partition coefficient (Wildman–Crippen LogP) is 8.99. The summed E-state index contributed by atoms with van der Waals surface area (Å²) in [5.74, 6) is 0.627. The molecule has 0 amide bonds. The number of aliphatic hydroxyl groups is 1. The number of thioether (sulfide) groups is 2. The van der Waals surface area contributed by atoms with E-state index in [9.17, 15) is 5.11 Å². The van der Waals surface area contributed by atoms with Gasteiger partial charge in [-0.1, -0.05) is 133 Å². The first-order valence-electron chi connectivity index (χ1n) is 18.7. The molecule has 55 heavy (non-hydrogen) atoms. The van der Waals surface area contributed by atoms with Crippen LogP contribution in [0.2, 0.25) is 0 Å². The minimum absolute atomic E-state index is 0.159. The van der Waals surface area contributed by atoms with Gasteiger partial charge >= 0.3 is 0 Å². The zero-order valence-corrected chi connectivity index (χ0v) is 32.7. The van der Waals surface area contributed by atoms with Crippen molar-refractivity contribution in [3.8, 4) is 5.75 Å². The third kappa shape index (κ3) is 10.5. The van der Waals surface area contributed by atoms with Crippen LogP contribution < -0.4 is 4.74 Å². The fourth-order valence-corrected chi connectivity index (χ4v) is 9.47. The van der Waals surface area contributed by atoms with E-state index in [1.807, 2.05) is 133 Å². The molecule has 5 atom stereocenters. The normalized spacial score (nSPS) is 22.7. The number of ether oxygens (including phenoxy) is 6. The van der Waals surface area contributed by atoms with Gasteiger partial charge in [-0.15, -0.1) is 23.5 Å². The Kier molecular flexibility index (Phi) is 14.2. The first kappa shape index (κ1) is 39.3. The summed E-state index contributed by atoms with van der Waals surface area (Å²) in [6.07, 6.45) is -2.47. The molecule has 0 spiro atoms. The van der Waals surface area contributed by atoms with Crippen LogP contribution in [0.15, 0.2) is 155 Å². The summed E-state index contributed by atoms with van der Waals surface area (Å²) in [5, 5.41) is 13.4. The van der Waals surface area contributed by atoms with Crippen molar-refractivity contribution in [1.82, 2.24) is 0 Å². The molecule has 0 unspecified atom stereocenters. The molecular formula is C46H48O7S2. The molecule has 2 aliphatic rings. The van der Waals surface area contributed by atoms with Crippen molar-refractivity contribution in [2.24, 2.45) is 0 Å². The van der Waals surface area contributed by atoms with Crippen LogP contribution in [-0.2, 0) is 56.5 Å². The largest absolute Gasteiger partial charge is 0.497 e. The van der Waals surface area contributed by atoms with Gasteiger partial charge in [0, 0.05) is 22.8 Å². The molecular weight excluding hydrogens is 729 g/mol. The van der Waals surface area contributed by atoms with E-state index in [1.165, 1.54) is 0 Å². The second-order valence-electron chi connectivity index (χ2n) is 13.6. The van der Waals surface area contributed by atoms with E-state index in [0.717, 1.165) is 54.9 Å². The SMILES string of the molecule is COc1ccc(CC2=C([C@]3(O)O[C@H](COCc4ccccc4)[C@H](OCc4ccccc4)[C@H](OCc4ccccc4)[C@H]3OCc3ccccc3)SCCS2)cc1. The van der Waals surface area contributed by atoms with E-state index < -0.39 is 30.2 Å². The van der Waals surface area contributed by atoms with Crippen molar-refractivity contribution in [2.75, 3.05) is 25.2 Å². The second-order valence-corrected chi connectivity index (χ2v) is 15.9. The molecule has 0 bridgehead atoms. The highest BCUT2D eigenvalue weighted by atomic mass is 32.2. The van der Waals surface area contributed by atoms with Crippen molar-refractivity contribution in [2.45, 2.75) is 63.1 Å². The molecule has 5 aromatic rings. The Morgan fingerprint density at radius 2 is 1.07 bits per heavy atom. The summed E-state index contributed by atoms with van der Waals surface area (Å²) in [6.45, 7) is 1.38. The Morgan fingerprint density at radius 3 is 1.62 bits per heavy atom. The fourth-order valence-electron chi connectivity index (χ4n) is 6.85. The maximum absolute atomic E-state index is 13.4. The van der Waals surface area contributed by atoms with Crippen molar-refractivity contribution >= 4 is 23.5 Å². The molecule has 286 valence electrons. The third-order valence-electron chi connectivity index (χ3n) is 9.65. The van der Waals surface area contributed by atoms with Gasteiger partial charge in [0.2, 0.25) is 5.79 Å². The van der Waals surface area contributed by atoms with Crippen LogP contribution in [-0.4, -0.2) is 60.5 Å². The number of hydrogen-bond acceptors (Lipinski definition) is 9. The molecule has 2 heterocycles. The van der Waals surface area contributed by atoms with Gasteiger partial charge in [-0.2, -0.15) is 0 Å². The number of methoxy groups -OCH3 is 1. The fraction of sp³-hybridized carbons (Fsp3) is 0.304. The lowest BCUT2D eigenvalue weighted by molar-refractivity contribution is -0.353. The van der Waals surface area contributed by atoms with Crippen molar-refractivity contribution in [3.05, 3.63) is 183 Å². The Morgan fingerprint density at radius 1 is 0.582 bits per heavy atom. The van der Waals surface area contributed by atoms with Crippen LogP contribution in [0.3, 0.4) is 0 Å². The van der Waals surface area contributed by atoms with Gasteiger partial charge in [0.15, 0.2) is 0 Å². The van der Waals surface area contributed by atoms with E-state index in [1.54, 1.807) is 30.6 Å². The second kappa shape index (κ2) is 19.8. The molecule has 0 saturated carbocycles. The van der Waals surface area contributed by atoms with Crippen molar-refractivity contribution in [1.29, 1.82) is 0 Å². The van der Waals surface area contributed by atoms with E-state index >= 15 is 0 Å². The van der Waals surface area contributed by atoms with Crippen molar-refractivity contribution in [3.63, 3.8) is 0 Å². The first-order chi connectivity index (χ1) is 27.1. The molecule has 1 saturated heterocycles. The Balaban J connectivity index is 1.29. The van der Waals surface area contributed by atoms with Crippen LogP contribution >= 0.6 is 23.5 Å². The van der Waals surface area contributed by atoms with Crippen LogP contribution in [0.1, 0.15) is 27.8 Å². The Labute approximate surface area is 333 Å². The summed E-state index contributed by atoms with van der Waals surface area (Å²) >= 11 is 3.37. The maximum atomic E-state index is 13.4. The molecule has 2 aliphatic heterocycles. The summed E-state index contributed by atoms with van der Waals surface area (Å²) in [5.41, 5.74) is 5.13. The van der Waals surface area contributed by atoms with Crippen LogP contribution in [0.4, 0.5) is 0 Å². The lowest BCUT2D eigenvalue weighted by Crippen LogP contribution is -2.67. The number of rotatable bonds is 17. The number of benzene rings is 5. The van der Waals surface area contributed by atoms with Gasteiger partial charge in [-0.3, -0.25) is 0 Å². The summed E-state index contributed by atoms with van der Waals surface area (Å²) in [7, 11) is 1.67. The lowest BCUT2D eigenvalue weighted by Gasteiger charge is -2.51. The maximum Gasteiger partial charge on any atom is 0.229 e. The quantitative estimate of drug-likeness (QED) is 0.0997. The molecule has 0 radical (unpaired) electrons. The highest BCUT2D eigenvalue weighted by Crippen LogP contribution is 2.49. The van der Waals surface area contributed by atoms with E-state index in [2.05, 4.69) is 12.1 Å². The smallest absolute Gasteiger partial charge is 0.229 e. The van der Waals surface area contributed by atoms with Crippen LogP contribution in [0, 0.1) is 0 Å². The van der Waals surface area contributed by atoms with E-state index in [4.69, 9.17) is 28.4 Å². The number of allylic oxidation sites excluding steroid dienone is 1.